The lowest BCUT2D eigenvalue weighted by Crippen LogP contribution is -2.19. The van der Waals surface area contributed by atoms with Crippen LogP contribution in [0.4, 0.5) is 13.2 Å². The first kappa shape index (κ1) is 27.4. The molecule has 0 amide bonds. The molecule has 1 aliphatic rings. The third kappa shape index (κ3) is 5.86. The number of carboxylic acid groups (broad SMARTS) is 1. The number of methoxy groups -OCH3 is 1. The molecule has 2 heterocycles. The van der Waals surface area contributed by atoms with E-state index in [1.165, 1.54) is 17.7 Å². The Bertz CT molecular complexity index is 1480. The number of aromatic nitrogens is 3. The van der Waals surface area contributed by atoms with Crippen molar-refractivity contribution in [2.45, 2.75) is 50.5 Å². The summed E-state index contributed by atoms with van der Waals surface area (Å²) in [6, 6.07) is 20.0. The highest BCUT2D eigenvalue weighted by atomic mass is 19.4. The predicted molar refractivity (Wildman–Crippen MR) is 142 cm³/mol. The van der Waals surface area contributed by atoms with E-state index in [1.807, 2.05) is 0 Å². The van der Waals surface area contributed by atoms with Gasteiger partial charge in [0.1, 0.15) is 17.9 Å². The summed E-state index contributed by atoms with van der Waals surface area (Å²) in [4.78, 5) is 15.7. The van der Waals surface area contributed by atoms with Crippen molar-refractivity contribution in [2.24, 2.45) is 0 Å². The van der Waals surface area contributed by atoms with Crippen molar-refractivity contribution in [3.63, 3.8) is 0 Å². The summed E-state index contributed by atoms with van der Waals surface area (Å²) < 4.78 is 53.3. The Morgan fingerprint density at radius 2 is 1.73 bits per heavy atom. The fraction of sp³-hybridized carbons (Fsp3) is 0.300. The quantitative estimate of drug-likeness (QED) is 0.256. The molecule has 5 rings (SSSR count). The molecule has 208 valence electrons. The summed E-state index contributed by atoms with van der Waals surface area (Å²) in [6.45, 7) is 0.298. The van der Waals surface area contributed by atoms with Gasteiger partial charge in [-0.1, -0.05) is 42.5 Å². The molecule has 0 spiro atoms. The monoisotopic (exact) mass is 551 g/mol. The van der Waals surface area contributed by atoms with Crippen LogP contribution in [0.2, 0.25) is 0 Å². The number of alkyl halides is 3. The molecule has 4 aromatic rings. The van der Waals surface area contributed by atoms with E-state index in [0.29, 0.717) is 46.5 Å². The normalized spacial score (nSPS) is 17.5. The highest BCUT2D eigenvalue weighted by Gasteiger charge is 2.41. The average Bonchev–Trinajstić information content (AvgIpc) is 3.44. The van der Waals surface area contributed by atoms with E-state index in [4.69, 9.17) is 9.47 Å². The smallest absolute Gasteiger partial charge is 0.434 e. The van der Waals surface area contributed by atoms with Gasteiger partial charge in [-0.3, -0.25) is 0 Å². The first-order valence-corrected chi connectivity index (χ1v) is 12.9. The molecular formula is C30H28F3N3O4. The second-order valence-corrected chi connectivity index (χ2v) is 9.74. The zero-order valence-electron chi connectivity index (χ0n) is 21.8. The third-order valence-corrected chi connectivity index (χ3v) is 7.24. The van der Waals surface area contributed by atoms with Crippen LogP contribution >= 0.6 is 0 Å². The summed E-state index contributed by atoms with van der Waals surface area (Å²) >= 11 is 0. The van der Waals surface area contributed by atoms with Gasteiger partial charge in [0.05, 0.1) is 18.0 Å². The second kappa shape index (κ2) is 11.5. The number of carboxylic acids is 1. The van der Waals surface area contributed by atoms with Gasteiger partial charge in [-0.05, 0) is 67.0 Å². The van der Waals surface area contributed by atoms with Crippen molar-refractivity contribution < 1.29 is 32.5 Å². The van der Waals surface area contributed by atoms with E-state index in [2.05, 4.69) is 34.3 Å². The van der Waals surface area contributed by atoms with Crippen LogP contribution in [-0.2, 0) is 17.5 Å². The summed E-state index contributed by atoms with van der Waals surface area (Å²) in [5.41, 5.74) is 0.883. The number of ether oxygens (including phenoxy) is 2. The summed E-state index contributed by atoms with van der Waals surface area (Å²) in [5, 5.41) is 12.9. The number of benzene rings is 2. The highest BCUT2D eigenvalue weighted by Crippen LogP contribution is 2.36. The Morgan fingerprint density at radius 1 is 1.00 bits per heavy atom. The number of aromatic carboxylic acids is 1. The molecule has 0 unspecified atom stereocenters. The van der Waals surface area contributed by atoms with E-state index in [0.717, 1.165) is 31.2 Å². The van der Waals surface area contributed by atoms with E-state index in [1.54, 1.807) is 37.4 Å². The Morgan fingerprint density at radius 3 is 2.40 bits per heavy atom. The maximum Gasteiger partial charge on any atom is 0.434 e. The first-order valence-electron chi connectivity index (χ1n) is 12.9. The average molecular weight is 552 g/mol. The standard InChI is InChI=1S/C30H28F3N3O4/c1-39-22-15-13-21(14-16-22)20-11-9-19(10-12-20)18-40-26-7-3-2-5-23(26)25-6-4-8-27(35-25)36-28(30(31,32)33)24(17-34-36)29(37)38/h2-12,17,21-22H,13-16,18H2,1H3,(H,37,38)/t21-,22-. The van der Waals surface area contributed by atoms with Gasteiger partial charge in [0.2, 0.25) is 0 Å². The molecule has 0 atom stereocenters. The summed E-state index contributed by atoms with van der Waals surface area (Å²) in [7, 11) is 1.77. The maximum atomic E-state index is 13.7. The molecule has 40 heavy (non-hydrogen) atoms. The van der Waals surface area contributed by atoms with Crippen molar-refractivity contribution in [2.75, 3.05) is 7.11 Å². The first-order chi connectivity index (χ1) is 19.2. The Labute approximate surface area is 229 Å². The van der Waals surface area contributed by atoms with Gasteiger partial charge < -0.3 is 14.6 Å². The molecular weight excluding hydrogens is 523 g/mol. The third-order valence-electron chi connectivity index (χ3n) is 7.24. The van der Waals surface area contributed by atoms with Gasteiger partial charge in [0.15, 0.2) is 11.5 Å². The van der Waals surface area contributed by atoms with Crippen LogP contribution in [0, 0.1) is 0 Å². The number of carbonyl (C=O) groups is 1. The van der Waals surface area contributed by atoms with Gasteiger partial charge in [0.25, 0.3) is 0 Å². The van der Waals surface area contributed by atoms with Gasteiger partial charge >= 0.3 is 12.1 Å². The van der Waals surface area contributed by atoms with Crippen molar-refractivity contribution in [3.05, 3.63) is 95.3 Å². The SMILES string of the molecule is CO[C@H]1CC[C@H](c2ccc(COc3ccccc3-c3cccc(-n4ncc(C(=O)O)c4C(F)(F)F)n3)cc2)CC1. The number of nitrogens with zero attached hydrogens (tertiary/aromatic N) is 3. The predicted octanol–water partition coefficient (Wildman–Crippen LogP) is 6.90. The minimum Gasteiger partial charge on any atom is -0.488 e. The zero-order valence-corrected chi connectivity index (χ0v) is 21.8. The topological polar surface area (TPSA) is 86.5 Å². The molecule has 0 bridgehead atoms. The molecule has 0 saturated heterocycles. The van der Waals surface area contributed by atoms with Crippen molar-refractivity contribution in [1.29, 1.82) is 0 Å². The van der Waals surface area contributed by atoms with Gasteiger partial charge in [-0.15, -0.1) is 0 Å². The maximum absolute atomic E-state index is 13.7. The van der Waals surface area contributed by atoms with E-state index in [9.17, 15) is 23.1 Å². The lowest BCUT2D eigenvalue weighted by Gasteiger charge is -2.27. The second-order valence-electron chi connectivity index (χ2n) is 9.74. The molecule has 0 radical (unpaired) electrons. The molecule has 1 fully saturated rings. The lowest BCUT2D eigenvalue weighted by atomic mass is 9.82. The van der Waals surface area contributed by atoms with E-state index in [-0.39, 0.29) is 5.82 Å². The molecule has 0 aliphatic heterocycles. The van der Waals surface area contributed by atoms with Crippen LogP contribution in [0.25, 0.3) is 17.1 Å². The molecule has 2 aromatic heterocycles. The van der Waals surface area contributed by atoms with E-state index >= 15 is 0 Å². The van der Waals surface area contributed by atoms with Crippen LogP contribution in [0.5, 0.6) is 5.75 Å². The molecule has 1 aliphatic carbocycles. The zero-order chi connectivity index (χ0) is 28.3. The minimum atomic E-state index is -4.94. The largest absolute Gasteiger partial charge is 0.488 e. The lowest BCUT2D eigenvalue weighted by molar-refractivity contribution is -0.143. The van der Waals surface area contributed by atoms with Crippen LogP contribution in [0.3, 0.4) is 0 Å². The highest BCUT2D eigenvalue weighted by molar-refractivity contribution is 5.89. The number of hydrogen-bond acceptors (Lipinski definition) is 5. The fourth-order valence-electron chi connectivity index (χ4n) is 5.13. The van der Waals surface area contributed by atoms with E-state index < -0.39 is 23.4 Å². The van der Waals surface area contributed by atoms with Crippen molar-refractivity contribution >= 4 is 5.97 Å². The van der Waals surface area contributed by atoms with Gasteiger partial charge in [-0.2, -0.15) is 18.3 Å². The summed E-state index contributed by atoms with van der Waals surface area (Å²) in [5.74, 6) is -0.848. The van der Waals surface area contributed by atoms with Crippen LogP contribution in [0.15, 0.2) is 72.9 Å². The number of halogens is 3. The number of hydrogen-bond donors (Lipinski definition) is 1. The van der Waals surface area contributed by atoms with Gasteiger partial charge in [-0.25, -0.2) is 14.5 Å². The van der Waals surface area contributed by atoms with Crippen LogP contribution in [-0.4, -0.2) is 39.1 Å². The number of pyridine rings is 1. The van der Waals surface area contributed by atoms with Crippen molar-refractivity contribution in [3.8, 4) is 22.8 Å². The molecule has 1 saturated carbocycles. The Kier molecular flexibility index (Phi) is 7.88. The number of para-hydroxylation sites is 1. The molecule has 7 nitrogen and oxygen atoms in total. The van der Waals surface area contributed by atoms with Crippen LogP contribution in [0.1, 0.15) is 58.8 Å². The molecule has 10 heteroatoms. The van der Waals surface area contributed by atoms with Crippen LogP contribution < -0.4 is 4.74 Å². The molecule has 2 aromatic carbocycles. The fourth-order valence-corrected chi connectivity index (χ4v) is 5.13. The van der Waals surface area contributed by atoms with Crippen molar-refractivity contribution in [1.82, 2.24) is 14.8 Å². The van der Waals surface area contributed by atoms with Gasteiger partial charge in [0, 0.05) is 12.7 Å². The molecule has 1 N–H and O–H groups in total. The Hall–Kier alpha value is -4.18. The minimum absolute atomic E-state index is 0.165. The number of rotatable bonds is 8. The Balaban J connectivity index is 1.34. The summed E-state index contributed by atoms with van der Waals surface area (Å²) in [6.07, 6.45) is 0.428.